The van der Waals surface area contributed by atoms with E-state index in [1.807, 2.05) is 17.8 Å². The zero-order valence-corrected chi connectivity index (χ0v) is 12.2. The zero-order chi connectivity index (χ0) is 13.0. The van der Waals surface area contributed by atoms with Gasteiger partial charge in [0, 0.05) is 22.6 Å². The molecule has 100 valence electrons. The first-order valence-corrected chi connectivity index (χ1v) is 7.83. The molecule has 1 heterocycles. The highest BCUT2D eigenvalue weighted by Crippen LogP contribution is 2.37. The summed E-state index contributed by atoms with van der Waals surface area (Å²) >= 11 is 7.99. The molecule has 18 heavy (non-hydrogen) atoms. The number of thioether (sulfide) groups is 1. The van der Waals surface area contributed by atoms with Crippen LogP contribution in [0.3, 0.4) is 0 Å². The number of hydrogen-bond donors (Lipinski definition) is 2. The van der Waals surface area contributed by atoms with Crippen molar-refractivity contribution in [1.29, 1.82) is 0 Å². The lowest BCUT2D eigenvalue weighted by Gasteiger charge is -2.27. The van der Waals surface area contributed by atoms with Gasteiger partial charge in [-0.3, -0.25) is 0 Å². The van der Waals surface area contributed by atoms with E-state index in [9.17, 15) is 0 Å². The number of fused-ring (bicyclic) bond motifs is 1. The largest absolute Gasteiger partial charge is 0.396 e. The van der Waals surface area contributed by atoms with E-state index < -0.39 is 0 Å². The highest BCUT2D eigenvalue weighted by Gasteiger charge is 2.20. The predicted molar refractivity (Wildman–Crippen MR) is 78.4 cm³/mol. The molecule has 1 aliphatic heterocycles. The quantitative estimate of drug-likeness (QED) is 0.869. The van der Waals surface area contributed by atoms with Gasteiger partial charge < -0.3 is 10.4 Å². The Labute approximate surface area is 118 Å². The van der Waals surface area contributed by atoms with Crippen LogP contribution in [0.2, 0.25) is 5.02 Å². The van der Waals surface area contributed by atoms with Crippen molar-refractivity contribution >= 4 is 23.4 Å². The van der Waals surface area contributed by atoms with Crippen LogP contribution in [-0.4, -0.2) is 24.0 Å². The fraction of sp³-hybridized carbons (Fsp3) is 0.571. The summed E-state index contributed by atoms with van der Waals surface area (Å²) in [6.45, 7) is 3.38. The first-order valence-electron chi connectivity index (χ1n) is 6.47. The van der Waals surface area contributed by atoms with Gasteiger partial charge in [-0.05, 0) is 54.8 Å². The Kier molecular flexibility index (Phi) is 5.37. The van der Waals surface area contributed by atoms with Gasteiger partial charge in [0.1, 0.15) is 0 Å². The SMILES string of the molecule is CC(CCO)CNC1CCSc2ccc(Cl)cc21. The highest BCUT2D eigenvalue weighted by molar-refractivity contribution is 7.99. The number of rotatable bonds is 5. The minimum absolute atomic E-state index is 0.270. The molecule has 0 radical (unpaired) electrons. The fourth-order valence-corrected chi connectivity index (χ4v) is 3.53. The number of hydrogen-bond acceptors (Lipinski definition) is 3. The van der Waals surface area contributed by atoms with Gasteiger partial charge in [-0.25, -0.2) is 0 Å². The molecule has 0 saturated carbocycles. The zero-order valence-electron chi connectivity index (χ0n) is 10.7. The van der Waals surface area contributed by atoms with Gasteiger partial charge in [-0.15, -0.1) is 11.8 Å². The number of benzene rings is 1. The van der Waals surface area contributed by atoms with E-state index in [2.05, 4.69) is 24.4 Å². The molecule has 1 aromatic rings. The summed E-state index contributed by atoms with van der Waals surface area (Å²) in [5, 5.41) is 13.3. The van der Waals surface area contributed by atoms with Gasteiger partial charge in [0.2, 0.25) is 0 Å². The minimum atomic E-state index is 0.270. The lowest BCUT2D eigenvalue weighted by atomic mass is 10.0. The van der Waals surface area contributed by atoms with Crippen LogP contribution < -0.4 is 5.32 Å². The molecule has 0 bridgehead atoms. The topological polar surface area (TPSA) is 32.3 Å². The Morgan fingerprint density at radius 3 is 3.17 bits per heavy atom. The van der Waals surface area contributed by atoms with Crippen molar-refractivity contribution in [2.75, 3.05) is 18.9 Å². The van der Waals surface area contributed by atoms with Crippen LogP contribution in [0.15, 0.2) is 23.1 Å². The second-order valence-electron chi connectivity index (χ2n) is 4.90. The van der Waals surface area contributed by atoms with Crippen LogP contribution in [0.5, 0.6) is 0 Å². The molecule has 2 unspecified atom stereocenters. The Hall–Kier alpha value is -0.220. The maximum atomic E-state index is 8.92. The van der Waals surface area contributed by atoms with Crippen molar-refractivity contribution in [2.24, 2.45) is 5.92 Å². The van der Waals surface area contributed by atoms with E-state index in [-0.39, 0.29) is 6.61 Å². The average molecular weight is 286 g/mol. The molecule has 2 N–H and O–H groups in total. The third-order valence-corrected chi connectivity index (χ3v) is 4.70. The van der Waals surface area contributed by atoms with Crippen molar-refractivity contribution in [3.8, 4) is 0 Å². The molecule has 4 heteroatoms. The molecule has 0 spiro atoms. The Morgan fingerprint density at radius 2 is 2.39 bits per heavy atom. The molecule has 0 saturated heterocycles. The molecule has 1 aliphatic rings. The minimum Gasteiger partial charge on any atom is -0.396 e. The second-order valence-corrected chi connectivity index (χ2v) is 6.47. The van der Waals surface area contributed by atoms with Gasteiger partial charge in [0.15, 0.2) is 0 Å². The van der Waals surface area contributed by atoms with Crippen LogP contribution in [-0.2, 0) is 0 Å². The van der Waals surface area contributed by atoms with Crippen molar-refractivity contribution < 1.29 is 5.11 Å². The predicted octanol–water partition coefficient (Wildman–Crippen LogP) is 3.49. The normalized spacial score (nSPS) is 20.5. The number of halogens is 1. The summed E-state index contributed by atoms with van der Waals surface area (Å²) in [6.07, 6.45) is 2.00. The van der Waals surface area contributed by atoms with E-state index in [4.69, 9.17) is 16.7 Å². The van der Waals surface area contributed by atoms with Crippen LogP contribution >= 0.6 is 23.4 Å². The van der Waals surface area contributed by atoms with Gasteiger partial charge in [0.05, 0.1) is 0 Å². The Bertz CT molecular complexity index is 399. The maximum Gasteiger partial charge on any atom is 0.0434 e. The first-order chi connectivity index (χ1) is 8.70. The summed E-state index contributed by atoms with van der Waals surface area (Å²) in [5.41, 5.74) is 1.33. The molecule has 1 aromatic carbocycles. The van der Waals surface area contributed by atoms with Gasteiger partial charge in [-0.2, -0.15) is 0 Å². The lowest BCUT2D eigenvalue weighted by Crippen LogP contribution is -2.29. The molecule has 0 amide bonds. The third-order valence-electron chi connectivity index (χ3n) is 3.35. The van der Waals surface area contributed by atoms with E-state index in [1.54, 1.807) is 0 Å². The molecule has 2 nitrogen and oxygen atoms in total. The third kappa shape index (κ3) is 3.64. The van der Waals surface area contributed by atoms with Crippen LogP contribution in [0.1, 0.15) is 31.4 Å². The monoisotopic (exact) mass is 285 g/mol. The van der Waals surface area contributed by atoms with Gasteiger partial charge >= 0.3 is 0 Å². The molecule has 2 rings (SSSR count). The summed E-state index contributed by atoms with van der Waals surface area (Å²) in [7, 11) is 0. The molecule has 0 fully saturated rings. The summed E-state index contributed by atoms with van der Waals surface area (Å²) in [4.78, 5) is 1.35. The van der Waals surface area contributed by atoms with Gasteiger partial charge in [-0.1, -0.05) is 18.5 Å². The number of nitrogens with one attached hydrogen (secondary N) is 1. The summed E-state index contributed by atoms with van der Waals surface area (Å²) in [5.74, 6) is 1.66. The van der Waals surface area contributed by atoms with Crippen molar-refractivity contribution in [3.05, 3.63) is 28.8 Å². The molecule has 2 atom stereocenters. The standard InChI is InChI=1S/C14H20ClNOS/c1-10(4-6-17)9-16-13-5-7-18-14-3-2-11(15)8-12(13)14/h2-3,8,10,13,16-17H,4-7,9H2,1H3. The van der Waals surface area contributed by atoms with E-state index >= 15 is 0 Å². The second kappa shape index (κ2) is 6.80. The smallest absolute Gasteiger partial charge is 0.0434 e. The van der Waals surface area contributed by atoms with E-state index in [1.165, 1.54) is 10.5 Å². The molecule has 0 aromatic heterocycles. The highest BCUT2D eigenvalue weighted by atomic mass is 35.5. The van der Waals surface area contributed by atoms with Crippen LogP contribution in [0, 0.1) is 5.92 Å². The molecule has 0 aliphatic carbocycles. The van der Waals surface area contributed by atoms with E-state index in [0.717, 1.165) is 30.2 Å². The fourth-order valence-electron chi connectivity index (χ4n) is 2.24. The average Bonchev–Trinajstić information content (AvgIpc) is 2.36. The lowest BCUT2D eigenvalue weighted by molar-refractivity contribution is 0.257. The van der Waals surface area contributed by atoms with Crippen molar-refractivity contribution in [2.45, 2.75) is 30.7 Å². The first kappa shape index (κ1) is 14.2. The maximum absolute atomic E-state index is 8.92. The molecular formula is C14H20ClNOS. The summed E-state index contributed by atoms with van der Waals surface area (Å²) < 4.78 is 0. The Balaban J connectivity index is 2.01. The van der Waals surface area contributed by atoms with Crippen molar-refractivity contribution in [3.63, 3.8) is 0 Å². The van der Waals surface area contributed by atoms with Crippen LogP contribution in [0.25, 0.3) is 0 Å². The Morgan fingerprint density at radius 1 is 1.56 bits per heavy atom. The van der Waals surface area contributed by atoms with E-state index in [0.29, 0.717) is 12.0 Å². The molecular weight excluding hydrogens is 266 g/mol. The van der Waals surface area contributed by atoms with Crippen molar-refractivity contribution in [1.82, 2.24) is 5.32 Å². The number of aliphatic hydroxyl groups is 1. The number of aliphatic hydroxyl groups excluding tert-OH is 1. The van der Waals surface area contributed by atoms with Gasteiger partial charge in [0.25, 0.3) is 0 Å². The summed E-state index contributed by atoms with van der Waals surface area (Å²) in [6, 6.07) is 6.57. The van der Waals surface area contributed by atoms with Crippen LogP contribution in [0.4, 0.5) is 0 Å².